The van der Waals surface area contributed by atoms with Crippen LogP contribution in [0.25, 0.3) is 0 Å². The van der Waals surface area contributed by atoms with Crippen LogP contribution in [0.3, 0.4) is 0 Å². The number of nitrogens with one attached hydrogen (secondary N) is 1. The van der Waals surface area contributed by atoms with Crippen LogP contribution in [0.4, 0.5) is 4.79 Å². The van der Waals surface area contributed by atoms with Crippen LogP contribution in [0.15, 0.2) is 54.9 Å². The molecule has 0 saturated carbocycles. The van der Waals surface area contributed by atoms with Gasteiger partial charge in [-0.1, -0.05) is 36.4 Å². The van der Waals surface area contributed by atoms with E-state index in [0.717, 1.165) is 11.1 Å². The number of aromatic nitrogens is 1. The first-order chi connectivity index (χ1) is 11.1. The molecule has 0 saturated heterocycles. The zero-order chi connectivity index (χ0) is 16.5. The van der Waals surface area contributed by atoms with Crippen molar-refractivity contribution < 1.29 is 19.4 Å². The molecule has 0 spiro atoms. The lowest BCUT2D eigenvalue weighted by atomic mass is 10.1. The van der Waals surface area contributed by atoms with Crippen molar-refractivity contribution in [2.75, 3.05) is 6.61 Å². The molecule has 0 fully saturated rings. The third-order valence-corrected chi connectivity index (χ3v) is 3.22. The summed E-state index contributed by atoms with van der Waals surface area (Å²) >= 11 is 0. The molecule has 2 rings (SSSR count). The number of aliphatic carboxylic acids is 1. The van der Waals surface area contributed by atoms with Gasteiger partial charge in [0.25, 0.3) is 0 Å². The summed E-state index contributed by atoms with van der Waals surface area (Å²) in [6.45, 7) is 0.162. The van der Waals surface area contributed by atoms with Crippen molar-refractivity contribution in [2.24, 2.45) is 0 Å². The Bertz CT molecular complexity index is 638. The number of carbonyl (C=O) groups is 2. The number of carboxylic acids is 1. The highest BCUT2D eigenvalue weighted by Crippen LogP contribution is 2.04. The van der Waals surface area contributed by atoms with Gasteiger partial charge in [-0.25, -0.2) is 9.59 Å². The number of nitrogens with zero attached hydrogens (tertiary/aromatic N) is 1. The quantitative estimate of drug-likeness (QED) is 0.800. The van der Waals surface area contributed by atoms with Crippen LogP contribution in [0.5, 0.6) is 0 Å². The van der Waals surface area contributed by atoms with Crippen LogP contribution in [0, 0.1) is 0 Å². The van der Waals surface area contributed by atoms with E-state index in [-0.39, 0.29) is 25.4 Å². The average Bonchev–Trinajstić information content (AvgIpc) is 2.56. The van der Waals surface area contributed by atoms with Gasteiger partial charge in [-0.15, -0.1) is 12.4 Å². The lowest BCUT2D eigenvalue weighted by Crippen LogP contribution is -2.42. The fourth-order valence-electron chi connectivity index (χ4n) is 2.04. The predicted molar refractivity (Wildman–Crippen MR) is 91.2 cm³/mol. The van der Waals surface area contributed by atoms with Gasteiger partial charge in [0.1, 0.15) is 6.04 Å². The maximum absolute atomic E-state index is 11.7. The molecule has 1 aromatic carbocycles. The van der Waals surface area contributed by atoms with E-state index >= 15 is 0 Å². The lowest BCUT2D eigenvalue weighted by molar-refractivity contribution is -0.139. The average molecular weight is 351 g/mol. The third kappa shape index (κ3) is 6.66. The van der Waals surface area contributed by atoms with E-state index in [2.05, 4.69) is 10.3 Å². The summed E-state index contributed by atoms with van der Waals surface area (Å²) in [5.74, 6) is -1.10. The summed E-state index contributed by atoms with van der Waals surface area (Å²) in [6, 6.07) is 11.8. The number of carboxylic acid groups (broad SMARTS) is 1. The van der Waals surface area contributed by atoms with E-state index in [4.69, 9.17) is 4.74 Å². The second-order valence-corrected chi connectivity index (χ2v) is 4.97. The molecule has 0 bridgehead atoms. The number of amides is 1. The maximum Gasteiger partial charge on any atom is 0.407 e. The Balaban J connectivity index is 0.00000288. The topological polar surface area (TPSA) is 88.5 Å². The Hall–Kier alpha value is -2.60. The first-order valence-electron chi connectivity index (χ1n) is 7.24. The Morgan fingerprint density at radius 2 is 1.83 bits per heavy atom. The monoisotopic (exact) mass is 350 g/mol. The van der Waals surface area contributed by atoms with Crippen LogP contribution in [-0.2, 0) is 22.4 Å². The van der Waals surface area contributed by atoms with Crippen LogP contribution in [0.1, 0.15) is 11.1 Å². The van der Waals surface area contributed by atoms with Crippen molar-refractivity contribution in [3.63, 3.8) is 0 Å². The van der Waals surface area contributed by atoms with Crippen molar-refractivity contribution >= 4 is 24.5 Å². The van der Waals surface area contributed by atoms with Crippen molar-refractivity contribution in [1.29, 1.82) is 0 Å². The first kappa shape index (κ1) is 19.4. The molecule has 128 valence electrons. The minimum atomic E-state index is -1.10. The summed E-state index contributed by atoms with van der Waals surface area (Å²) < 4.78 is 5.02. The molecule has 2 aromatic rings. The standard InChI is InChI=1S/C17H18N2O4.ClH/c20-16(21)15(11-13-5-2-1-3-6-13)19-17(22)23-10-8-14-7-4-9-18-12-14;/h1-7,9,12,15H,8,10-11H2,(H,19,22)(H,20,21);1H/t15-;/m0./s1. The summed E-state index contributed by atoms with van der Waals surface area (Å²) in [7, 11) is 0. The van der Waals surface area contributed by atoms with E-state index < -0.39 is 18.1 Å². The molecule has 0 aliphatic rings. The predicted octanol–water partition coefficient (Wildman–Crippen LogP) is 2.47. The highest BCUT2D eigenvalue weighted by molar-refractivity contribution is 5.85. The Morgan fingerprint density at radius 3 is 2.46 bits per heavy atom. The largest absolute Gasteiger partial charge is 0.480 e. The van der Waals surface area contributed by atoms with Crippen LogP contribution < -0.4 is 5.32 Å². The van der Waals surface area contributed by atoms with E-state index in [1.54, 1.807) is 18.5 Å². The SMILES string of the molecule is Cl.O=C(N[C@@H](Cc1ccccc1)C(=O)O)OCCc1cccnc1. The molecule has 2 N–H and O–H groups in total. The molecule has 6 nitrogen and oxygen atoms in total. The van der Waals surface area contributed by atoms with Gasteiger partial charge in [0.2, 0.25) is 0 Å². The van der Waals surface area contributed by atoms with Gasteiger partial charge in [0.05, 0.1) is 6.61 Å². The number of hydrogen-bond donors (Lipinski definition) is 2. The molecule has 1 aromatic heterocycles. The number of hydrogen-bond acceptors (Lipinski definition) is 4. The minimum Gasteiger partial charge on any atom is -0.480 e. The van der Waals surface area contributed by atoms with E-state index in [0.29, 0.717) is 6.42 Å². The number of alkyl carbamates (subject to hydrolysis) is 1. The summed E-state index contributed by atoms with van der Waals surface area (Å²) in [5, 5.41) is 11.6. The number of pyridine rings is 1. The smallest absolute Gasteiger partial charge is 0.407 e. The molecule has 0 radical (unpaired) electrons. The van der Waals surface area contributed by atoms with Crippen molar-refractivity contribution in [2.45, 2.75) is 18.9 Å². The summed E-state index contributed by atoms with van der Waals surface area (Å²) in [5.41, 5.74) is 1.77. The van der Waals surface area contributed by atoms with Gasteiger partial charge in [0, 0.05) is 25.2 Å². The Morgan fingerprint density at radius 1 is 1.12 bits per heavy atom. The number of carbonyl (C=O) groups excluding carboxylic acids is 1. The van der Waals surface area contributed by atoms with Crippen molar-refractivity contribution in [3.8, 4) is 0 Å². The van der Waals surface area contributed by atoms with E-state index in [1.807, 2.05) is 36.4 Å². The van der Waals surface area contributed by atoms with Gasteiger partial charge in [-0.05, 0) is 17.2 Å². The highest BCUT2D eigenvalue weighted by Gasteiger charge is 2.20. The molecule has 0 aliphatic heterocycles. The highest BCUT2D eigenvalue weighted by atomic mass is 35.5. The number of halogens is 1. The zero-order valence-corrected chi connectivity index (χ0v) is 13.7. The van der Waals surface area contributed by atoms with Gasteiger partial charge in [0.15, 0.2) is 0 Å². The lowest BCUT2D eigenvalue weighted by Gasteiger charge is -2.14. The Kier molecular flexibility index (Phi) is 8.29. The molecule has 1 atom stereocenters. The van der Waals surface area contributed by atoms with Gasteiger partial charge in [-0.2, -0.15) is 0 Å². The summed E-state index contributed by atoms with van der Waals surface area (Å²) in [6.07, 6.45) is 3.35. The second-order valence-electron chi connectivity index (χ2n) is 4.97. The van der Waals surface area contributed by atoms with Crippen LogP contribution in [0.2, 0.25) is 0 Å². The number of benzene rings is 1. The molecular weight excluding hydrogens is 332 g/mol. The Labute approximate surface area is 146 Å². The van der Waals surface area contributed by atoms with Crippen LogP contribution >= 0.6 is 12.4 Å². The van der Waals surface area contributed by atoms with Crippen LogP contribution in [-0.4, -0.2) is 34.8 Å². The molecule has 1 amide bonds. The number of ether oxygens (including phenoxy) is 1. The first-order valence-corrected chi connectivity index (χ1v) is 7.24. The molecular formula is C17H19ClN2O4. The molecule has 0 aliphatic carbocycles. The van der Waals surface area contributed by atoms with Gasteiger partial charge < -0.3 is 15.2 Å². The number of rotatable bonds is 7. The molecule has 7 heteroatoms. The van der Waals surface area contributed by atoms with E-state index in [9.17, 15) is 14.7 Å². The third-order valence-electron chi connectivity index (χ3n) is 3.22. The van der Waals surface area contributed by atoms with E-state index in [1.165, 1.54) is 0 Å². The van der Waals surface area contributed by atoms with Crippen molar-refractivity contribution in [1.82, 2.24) is 10.3 Å². The molecule has 24 heavy (non-hydrogen) atoms. The fourth-order valence-corrected chi connectivity index (χ4v) is 2.04. The van der Waals surface area contributed by atoms with Gasteiger partial charge in [-0.3, -0.25) is 4.98 Å². The maximum atomic E-state index is 11.7. The zero-order valence-electron chi connectivity index (χ0n) is 12.9. The fraction of sp³-hybridized carbons (Fsp3) is 0.235. The van der Waals surface area contributed by atoms with Gasteiger partial charge >= 0.3 is 12.1 Å². The molecule has 1 heterocycles. The normalized spacial score (nSPS) is 11.0. The second kappa shape index (κ2) is 10.2. The van der Waals surface area contributed by atoms with Crippen molar-refractivity contribution in [3.05, 3.63) is 66.0 Å². The minimum absolute atomic E-state index is 0. The summed E-state index contributed by atoms with van der Waals surface area (Å²) in [4.78, 5) is 26.9. The molecule has 0 unspecified atom stereocenters.